The molecule has 0 saturated heterocycles. The van der Waals surface area contributed by atoms with E-state index >= 15 is 0 Å². The Morgan fingerprint density at radius 1 is 1.11 bits per heavy atom. The van der Waals surface area contributed by atoms with E-state index in [1.165, 1.54) is 63.0 Å². The van der Waals surface area contributed by atoms with E-state index < -0.39 is 0 Å². The summed E-state index contributed by atoms with van der Waals surface area (Å²) in [5, 5.41) is 0. The molecule has 28 heavy (non-hydrogen) atoms. The second-order valence-electron chi connectivity index (χ2n) is 8.30. The molecule has 0 atom stereocenters. The predicted molar refractivity (Wildman–Crippen MR) is 118 cm³/mol. The number of unbranched alkanes of at least 4 members (excludes halogenated alkanes) is 3. The maximum Gasteiger partial charge on any atom is 0.245 e. The summed E-state index contributed by atoms with van der Waals surface area (Å²) in [6, 6.07) is 8.76. The summed E-state index contributed by atoms with van der Waals surface area (Å²) < 4.78 is 5.87. The Morgan fingerprint density at radius 2 is 1.82 bits per heavy atom. The second kappa shape index (κ2) is 12.6. The van der Waals surface area contributed by atoms with Crippen LogP contribution in [0.4, 0.5) is 0 Å². The molecule has 1 aromatic carbocycles. The molecule has 0 aromatic heterocycles. The summed E-state index contributed by atoms with van der Waals surface area (Å²) >= 11 is 0. The Labute approximate surface area is 172 Å². The number of amides is 1. The zero-order valence-electron chi connectivity index (χ0n) is 18.0. The van der Waals surface area contributed by atoms with E-state index in [1.807, 2.05) is 7.05 Å². The zero-order chi connectivity index (χ0) is 20.2. The quantitative estimate of drug-likeness (QED) is 0.310. The number of carbonyl (C=O) groups excluding carboxylic acids is 1. The fourth-order valence-electron chi connectivity index (χ4n) is 4.21. The van der Waals surface area contributed by atoms with Crippen LogP contribution in [-0.4, -0.2) is 31.0 Å². The standard InChI is InChI=1S/C25H39NO2/c1-4-6-7-10-21-11-13-22(14-12-21)23-15-17-24(18-16-23)28-20-9-8-19-26(3)25(27)5-2/h5,15-18,21-22H,2,4,6-14,19-20H2,1,3H3. The molecule has 0 N–H and O–H groups in total. The summed E-state index contributed by atoms with van der Waals surface area (Å²) in [6.07, 6.45) is 14.3. The third-order valence-electron chi connectivity index (χ3n) is 6.12. The van der Waals surface area contributed by atoms with Gasteiger partial charge in [0.2, 0.25) is 5.91 Å². The van der Waals surface area contributed by atoms with Gasteiger partial charge in [-0.25, -0.2) is 0 Å². The molecular formula is C25H39NO2. The lowest BCUT2D eigenvalue weighted by Gasteiger charge is -2.29. The van der Waals surface area contributed by atoms with Crippen molar-refractivity contribution in [3.8, 4) is 5.75 Å². The number of carbonyl (C=O) groups is 1. The lowest BCUT2D eigenvalue weighted by Crippen LogP contribution is -2.25. The molecule has 3 nitrogen and oxygen atoms in total. The molecule has 0 radical (unpaired) electrons. The molecule has 156 valence electrons. The topological polar surface area (TPSA) is 29.5 Å². The lowest BCUT2D eigenvalue weighted by molar-refractivity contribution is -0.124. The van der Waals surface area contributed by atoms with Crippen molar-refractivity contribution in [1.82, 2.24) is 4.90 Å². The SMILES string of the molecule is C=CC(=O)N(C)CCCCOc1ccc(C2CCC(CCCCC)CC2)cc1. The van der Waals surface area contributed by atoms with Gasteiger partial charge in [0.15, 0.2) is 0 Å². The van der Waals surface area contributed by atoms with E-state index in [2.05, 4.69) is 37.8 Å². The molecule has 1 aliphatic rings. The first-order chi connectivity index (χ1) is 13.6. The van der Waals surface area contributed by atoms with Crippen molar-refractivity contribution < 1.29 is 9.53 Å². The zero-order valence-corrected chi connectivity index (χ0v) is 18.0. The summed E-state index contributed by atoms with van der Waals surface area (Å²) in [5.41, 5.74) is 1.48. The molecule has 1 amide bonds. The van der Waals surface area contributed by atoms with Crippen molar-refractivity contribution in [3.05, 3.63) is 42.5 Å². The third kappa shape index (κ3) is 7.69. The van der Waals surface area contributed by atoms with E-state index in [4.69, 9.17) is 4.74 Å². The van der Waals surface area contributed by atoms with Gasteiger partial charge in [-0.15, -0.1) is 0 Å². The van der Waals surface area contributed by atoms with Crippen LogP contribution in [0.2, 0.25) is 0 Å². The summed E-state index contributed by atoms with van der Waals surface area (Å²) in [7, 11) is 1.81. The molecule has 1 aromatic rings. The van der Waals surface area contributed by atoms with Crippen LogP contribution in [0.25, 0.3) is 0 Å². The number of hydrogen-bond donors (Lipinski definition) is 0. The van der Waals surface area contributed by atoms with Crippen molar-refractivity contribution in [3.63, 3.8) is 0 Å². The number of hydrogen-bond acceptors (Lipinski definition) is 2. The first kappa shape index (κ1) is 22.5. The normalized spacial score (nSPS) is 19.2. The van der Waals surface area contributed by atoms with E-state index in [-0.39, 0.29) is 5.91 Å². The second-order valence-corrected chi connectivity index (χ2v) is 8.30. The number of rotatable bonds is 12. The maximum absolute atomic E-state index is 11.4. The minimum atomic E-state index is -0.0218. The van der Waals surface area contributed by atoms with Gasteiger partial charge in [-0.2, -0.15) is 0 Å². The Morgan fingerprint density at radius 3 is 2.46 bits per heavy atom. The van der Waals surface area contributed by atoms with Crippen LogP contribution in [-0.2, 0) is 4.79 Å². The van der Waals surface area contributed by atoms with Gasteiger partial charge in [0, 0.05) is 13.6 Å². The first-order valence-corrected chi connectivity index (χ1v) is 11.2. The summed E-state index contributed by atoms with van der Waals surface area (Å²) in [5.74, 6) is 2.62. The van der Waals surface area contributed by atoms with Crippen molar-refractivity contribution in [1.29, 1.82) is 0 Å². The van der Waals surface area contributed by atoms with Crippen LogP contribution >= 0.6 is 0 Å². The average Bonchev–Trinajstić information content (AvgIpc) is 2.74. The number of likely N-dealkylation sites (N-methyl/N-ethyl adjacent to an activating group) is 1. The molecule has 0 heterocycles. The highest BCUT2D eigenvalue weighted by Gasteiger charge is 2.22. The molecule has 0 aliphatic heterocycles. The molecular weight excluding hydrogens is 346 g/mol. The highest BCUT2D eigenvalue weighted by atomic mass is 16.5. The fourth-order valence-corrected chi connectivity index (χ4v) is 4.21. The molecule has 0 bridgehead atoms. The third-order valence-corrected chi connectivity index (χ3v) is 6.12. The average molecular weight is 386 g/mol. The van der Waals surface area contributed by atoms with Gasteiger partial charge >= 0.3 is 0 Å². The number of benzene rings is 1. The van der Waals surface area contributed by atoms with Gasteiger partial charge in [0.25, 0.3) is 0 Å². The van der Waals surface area contributed by atoms with Gasteiger partial charge in [-0.1, -0.05) is 51.3 Å². The molecule has 3 heteroatoms. The van der Waals surface area contributed by atoms with Crippen LogP contribution in [0, 0.1) is 5.92 Å². The molecule has 2 rings (SSSR count). The van der Waals surface area contributed by atoms with Crippen LogP contribution in [0.15, 0.2) is 36.9 Å². The van der Waals surface area contributed by atoms with Crippen LogP contribution in [0.1, 0.15) is 82.6 Å². The van der Waals surface area contributed by atoms with E-state index in [0.29, 0.717) is 6.61 Å². The Hall–Kier alpha value is -1.77. The smallest absolute Gasteiger partial charge is 0.245 e. The van der Waals surface area contributed by atoms with E-state index in [9.17, 15) is 4.79 Å². The Kier molecular flexibility index (Phi) is 10.2. The van der Waals surface area contributed by atoms with Crippen molar-refractivity contribution >= 4 is 5.91 Å². The van der Waals surface area contributed by atoms with Crippen molar-refractivity contribution in [2.75, 3.05) is 20.2 Å². The van der Waals surface area contributed by atoms with Crippen molar-refractivity contribution in [2.24, 2.45) is 5.92 Å². The van der Waals surface area contributed by atoms with E-state index in [0.717, 1.165) is 37.0 Å². The largest absolute Gasteiger partial charge is 0.494 e. The van der Waals surface area contributed by atoms with Crippen LogP contribution < -0.4 is 4.74 Å². The highest BCUT2D eigenvalue weighted by molar-refractivity contribution is 5.86. The molecule has 0 unspecified atom stereocenters. The van der Waals surface area contributed by atoms with Gasteiger partial charge in [-0.3, -0.25) is 4.79 Å². The minimum absolute atomic E-state index is 0.0218. The van der Waals surface area contributed by atoms with Gasteiger partial charge in [0.1, 0.15) is 5.75 Å². The fraction of sp³-hybridized carbons (Fsp3) is 0.640. The predicted octanol–water partition coefficient (Wildman–Crippen LogP) is 6.34. The summed E-state index contributed by atoms with van der Waals surface area (Å²) in [4.78, 5) is 13.1. The number of ether oxygens (including phenoxy) is 1. The first-order valence-electron chi connectivity index (χ1n) is 11.2. The number of nitrogens with zero attached hydrogens (tertiary/aromatic N) is 1. The van der Waals surface area contributed by atoms with Crippen LogP contribution in [0.3, 0.4) is 0 Å². The monoisotopic (exact) mass is 385 g/mol. The molecule has 1 aliphatic carbocycles. The van der Waals surface area contributed by atoms with Gasteiger partial charge in [-0.05, 0) is 74.1 Å². The Balaban J connectivity index is 1.64. The maximum atomic E-state index is 11.4. The molecule has 1 fully saturated rings. The molecule has 1 saturated carbocycles. The van der Waals surface area contributed by atoms with Gasteiger partial charge < -0.3 is 9.64 Å². The van der Waals surface area contributed by atoms with Crippen molar-refractivity contribution in [2.45, 2.75) is 77.0 Å². The Bertz CT molecular complexity index is 573. The minimum Gasteiger partial charge on any atom is -0.494 e. The highest BCUT2D eigenvalue weighted by Crippen LogP contribution is 2.38. The van der Waals surface area contributed by atoms with Gasteiger partial charge in [0.05, 0.1) is 6.61 Å². The van der Waals surface area contributed by atoms with Crippen LogP contribution in [0.5, 0.6) is 5.75 Å². The molecule has 0 spiro atoms. The summed E-state index contributed by atoms with van der Waals surface area (Å²) in [6.45, 7) is 7.23. The van der Waals surface area contributed by atoms with E-state index in [1.54, 1.807) is 4.90 Å². The lowest BCUT2D eigenvalue weighted by atomic mass is 9.77.